The molecule has 90 valence electrons. The molecule has 0 N–H and O–H groups in total. The van der Waals surface area contributed by atoms with E-state index in [0.29, 0.717) is 23.5 Å². The van der Waals surface area contributed by atoms with E-state index >= 15 is 0 Å². The van der Waals surface area contributed by atoms with E-state index in [1.165, 1.54) is 18.2 Å². The Morgan fingerprint density at radius 1 is 1.06 bits per heavy atom. The summed E-state index contributed by atoms with van der Waals surface area (Å²) in [5, 5.41) is 0. The van der Waals surface area contributed by atoms with Crippen molar-refractivity contribution in [2.45, 2.75) is 6.42 Å². The molecule has 1 aliphatic heterocycles. The lowest BCUT2D eigenvalue weighted by molar-refractivity contribution is -0.114. The predicted molar refractivity (Wildman–Crippen MR) is 63.5 cm³/mol. The van der Waals surface area contributed by atoms with Crippen LogP contribution >= 0.6 is 0 Å². The molecule has 0 atom stereocenters. The molecular weight excluding hydrogens is 232 g/mol. The molecule has 0 saturated carbocycles. The largest absolute Gasteiger partial charge is 0.454 e. The fraction of sp³-hybridized carbons (Fsp3) is 0.143. The van der Waals surface area contributed by atoms with Gasteiger partial charge >= 0.3 is 0 Å². The second kappa shape index (κ2) is 4.14. The van der Waals surface area contributed by atoms with Crippen LogP contribution in [0, 0.1) is 0 Å². The van der Waals surface area contributed by atoms with E-state index in [1.807, 2.05) is 18.2 Å². The molecule has 0 bridgehead atoms. The van der Waals surface area contributed by atoms with Gasteiger partial charge < -0.3 is 9.47 Å². The molecule has 1 aliphatic carbocycles. The molecule has 0 amide bonds. The van der Waals surface area contributed by atoms with Crippen molar-refractivity contribution in [3.8, 4) is 11.5 Å². The molecule has 0 radical (unpaired) electrons. The number of ether oxygens (including phenoxy) is 2. The minimum atomic E-state index is -0.148. The van der Waals surface area contributed by atoms with E-state index in [4.69, 9.17) is 9.47 Å². The predicted octanol–water partition coefficient (Wildman–Crippen LogP) is 1.59. The summed E-state index contributed by atoms with van der Waals surface area (Å²) >= 11 is 0. The standard InChI is InChI=1S/C14H10O4/c15-11-2-3-12(16)10(7-11)5-9-1-4-13-14(6-9)18-8-17-13/h1-4,6-7H,5,8H2. The average molecular weight is 242 g/mol. The van der Waals surface area contributed by atoms with Crippen molar-refractivity contribution in [1.29, 1.82) is 0 Å². The third kappa shape index (κ3) is 1.93. The molecule has 0 aromatic heterocycles. The lowest BCUT2D eigenvalue weighted by Crippen LogP contribution is -2.09. The van der Waals surface area contributed by atoms with E-state index in [0.717, 1.165) is 5.56 Å². The quantitative estimate of drug-likeness (QED) is 0.739. The maximum atomic E-state index is 11.6. The van der Waals surface area contributed by atoms with Crippen molar-refractivity contribution in [1.82, 2.24) is 0 Å². The summed E-state index contributed by atoms with van der Waals surface area (Å²) in [6, 6.07) is 5.51. The molecule has 0 spiro atoms. The number of allylic oxidation sites excluding steroid dienone is 4. The van der Waals surface area contributed by atoms with Gasteiger partial charge in [-0.25, -0.2) is 0 Å². The van der Waals surface area contributed by atoms with E-state index in [1.54, 1.807) is 0 Å². The van der Waals surface area contributed by atoms with Crippen LogP contribution in [0.1, 0.15) is 5.56 Å². The highest BCUT2D eigenvalue weighted by atomic mass is 16.7. The van der Waals surface area contributed by atoms with Crippen LogP contribution in [0.4, 0.5) is 0 Å². The topological polar surface area (TPSA) is 52.6 Å². The SMILES string of the molecule is O=C1C=CC(=O)C(Cc2ccc3c(c2)OCO3)=C1. The van der Waals surface area contributed by atoms with Crippen LogP contribution in [0.2, 0.25) is 0 Å². The van der Waals surface area contributed by atoms with Gasteiger partial charge in [-0.15, -0.1) is 0 Å². The van der Waals surface area contributed by atoms with Gasteiger partial charge in [-0.2, -0.15) is 0 Å². The molecule has 2 aliphatic rings. The Kier molecular flexibility index (Phi) is 2.48. The summed E-state index contributed by atoms with van der Waals surface area (Å²) in [6.07, 6.45) is 4.40. The summed E-state index contributed by atoms with van der Waals surface area (Å²) in [5.74, 6) is 1.12. The van der Waals surface area contributed by atoms with Crippen molar-refractivity contribution in [2.24, 2.45) is 0 Å². The number of hydrogen-bond donors (Lipinski definition) is 0. The van der Waals surface area contributed by atoms with E-state index in [-0.39, 0.29) is 18.4 Å². The zero-order valence-corrected chi connectivity index (χ0v) is 9.51. The van der Waals surface area contributed by atoms with Gasteiger partial charge in [0.2, 0.25) is 6.79 Å². The molecule has 0 unspecified atom stereocenters. The van der Waals surface area contributed by atoms with Gasteiger partial charge in [0.1, 0.15) is 0 Å². The number of benzene rings is 1. The van der Waals surface area contributed by atoms with Gasteiger partial charge in [-0.3, -0.25) is 9.59 Å². The Bertz CT molecular complexity index is 596. The molecule has 0 fully saturated rings. The van der Waals surface area contributed by atoms with E-state index < -0.39 is 0 Å². The van der Waals surface area contributed by atoms with Crippen molar-refractivity contribution >= 4 is 11.6 Å². The molecule has 18 heavy (non-hydrogen) atoms. The van der Waals surface area contributed by atoms with Gasteiger partial charge in [0, 0.05) is 12.0 Å². The van der Waals surface area contributed by atoms with Crippen molar-refractivity contribution < 1.29 is 19.1 Å². The third-order valence-electron chi connectivity index (χ3n) is 2.86. The number of fused-ring (bicyclic) bond motifs is 1. The highest BCUT2D eigenvalue weighted by molar-refractivity contribution is 6.17. The van der Waals surface area contributed by atoms with Crippen LogP contribution in [0.15, 0.2) is 42.0 Å². The molecule has 1 aromatic rings. The van der Waals surface area contributed by atoms with Gasteiger partial charge in [0.05, 0.1) is 0 Å². The number of carbonyl (C=O) groups excluding carboxylic acids is 2. The Balaban J connectivity index is 1.85. The molecule has 4 heteroatoms. The molecular formula is C14H10O4. The third-order valence-corrected chi connectivity index (χ3v) is 2.86. The number of carbonyl (C=O) groups is 2. The Morgan fingerprint density at radius 3 is 2.78 bits per heavy atom. The lowest BCUT2D eigenvalue weighted by atomic mass is 9.96. The fourth-order valence-electron chi connectivity index (χ4n) is 1.96. The van der Waals surface area contributed by atoms with Crippen molar-refractivity contribution in [2.75, 3.05) is 6.79 Å². The maximum Gasteiger partial charge on any atom is 0.231 e. The first-order valence-electron chi connectivity index (χ1n) is 5.58. The minimum absolute atomic E-state index is 0.118. The summed E-state index contributed by atoms with van der Waals surface area (Å²) in [7, 11) is 0. The summed E-state index contributed by atoms with van der Waals surface area (Å²) in [6.45, 7) is 0.224. The molecule has 0 saturated heterocycles. The monoisotopic (exact) mass is 242 g/mol. The van der Waals surface area contributed by atoms with Gasteiger partial charge in [-0.05, 0) is 35.9 Å². The first-order chi connectivity index (χ1) is 8.72. The van der Waals surface area contributed by atoms with Crippen molar-refractivity contribution in [3.05, 3.63) is 47.6 Å². The van der Waals surface area contributed by atoms with Gasteiger partial charge in [0.25, 0.3) is 0 Å². The van der Waals surface area contributed by atoms with Crippen LogP contribution in [0.25, 0.3) is 0 Å². The smallest absolute Gasteiger partial charge is 0.231 e. The van der Waals surface area contributed by atoms with Crippen LogP contribution in [0.5, 0.6) is 11.5 Å². The maximum absolute atomic E-state index is 11.6. The fourth-order valence-corrected chi connectivity index (χ4v) is 1.96. The first kappa shape index (κ1) is 10.8. The Hall–Kier alpha value is -2.36. The highest BCUT2D eigenvalue weighted by Crippen LogP contribution is 2.33. The zero-order valence-electron chi connectivity index (χ0n) is 9.51. The second-order valence-electron chi connectivity index (χ2n) is 4.13. The van der Waals surface area contributed by atoms with Crippen LogP contribution in [-0.4, -0.2) is 18.4 Å². The molecule has 4 nitrogen and oxygen atoms in total. The Labute approximate surface area is 104 Å². The molecule has 3 rings (SSSR count). The highest BCUT2D eigenvalue weighted by Gasteiger charge is 2.17. The second-order valence-corrected chi connectivity index (χ2v) is 4.13. The van der Waals surface area contributed by atoms with Crippen LogP contribution in [0.3, 0.4) is 0 Å². The lowest BCUT2D eigenvalue weighted by Gasteiger charge is -2.07. The van der Waals surface area contributed by atoms with Crippen LogP contribution in [-0.2, 0) is 16.0 Å². The van der Waals surface area contributed by atoms with E-state index in [2.05, 4.69) is 0 Å². The summed E-state index contributed by atoms with van der Waals surface area (Å²) in [5.41, 5.74) is 1.42. The minimum Gasteiger partial charge on any atom is -0.454 e. The normalized spacial score (nSPS) is 17.0. The average Bonchev–Trinajstić information content (AvgIpc) is 2.81. The van der Waals surface area contributed by atoms with Crippen molar-refractivity contribution in [3.63, 3.8) is 0 Å². The zero-order chi connectivity index (χ0) is 12.5. The van der Waals surface area contributed by atoms with Crippen LogP contribution < -0.4 is 9.47 Å². The summed E-state index contributed by atoms with van der Waals surface area (Å²) < 4.78 is 10.5. The van der Waals surface area contributed by atoms with Gasteiger partial charge in [0.15, 0.2) is 23.1 Å². The molecule has 1 heterocycles. The van der Waals surface area contributed by atoms with E-state index in [9.17, 15) is 9.59 Å². The first-order valence-corrected chi connectivity index (χ1v) is 5.58. The van der Waals surface area contributed by atoms with Gasteiger partial charge in [-0.1, -0.05) is 6.07 Å². The summed E-state index contributed by atoms with van der Waals surface area (Å²) in [4.78, 5) is 22.9. The molecule has 1 aromatic carbocycles. The number of rotatable bonds is 2. The Morgan fingerprint density at radius 2 is 1.89 bits per heavy atom. The number of hydrogen-bond acceptors (Lipinski definition) is 4. The number of ketones is 2.